The number of esters is 1. The summed E-state index contributed by atoms with van der Waals surface area (Å²) in [5.41, 5.74) is 0.0399. The van der Waals surface area contributed by atoms with Gasteiger partial charge in [0.25, 0.3) is 0 Å². The van der Waals surface area contributed by atoms with Crippen LogP contribution in [0.15, 0.2) is 22.9 Å². The quantitative estimate of drug-likeness (QED) is 0.625. The van der Waals surface area contributed by atoms with Crippen LogP contribution in [0.2, 0.25) is 0 Å². The number of nitrogens with one attached hydrogen (secondary N) is 1. The highest BCUT2D eigenvalue weighted by atomic mass is 79.9. The van der Waals surface area contributed by atoms with Crippen LogP contribution in [0.25, 0.3) is 0 Å². The van der Waals surface area contributed by atoms with Crippen molar-refractivity contribution >= 4 is 21.9 Å². The maximum atomic E-state index is 12.2. The second kappa shape index (κ2) is 6.73. The molecule has 3 unspecified atom stereocenters. The van der Waals surface area contributed by atoms with Gasteiger partial charge in [0, 0.05) is 24.2 Å². The molecule has 6 heteroatoms. The number of ether oxygens (including phenoxy) is 2. The van der Waals surface area contributed by atoms with Gasteiger partial charge < -0.3 is 14.8 Å². The molecule has 1 saturated carbocycles. The Bertz CT molecular complexity index is 617. The molecular weight excluding hydrogens is 372 g/mol. The topological polar surface area (TPSA) is 60.5 Å². The van der Waals surface area contributed by atoms with E-state index in [1.807, 2.05) is 32.9 Å². The van der Waals surface area contributed by atoms with Crippen LogP contribution < -0.4 is 5.32 Å². The lowest BCUT2D eigenvalue weighted by Crippen LogP contribution is -2.40. The molecule has 0 amide bonds. The Morgan fingerprint density at radius 1 is 1.46 bits per heavy atom. The van der Waals surface area contributed by atoms with Gasteiger partial charge in [-0.2, -0.15) is 0 Å². The summed E-state index contributed by atoms with van der Waals surface area (Å²) in [4.78, 5) is 16.5. The van der Waals surface area contributed by atoms with Gasteiger partial charge in [-0.15, -0.1) is 0 Å². The summed E-state index contributed by atoms with van der Waals surface area (Å²) < 4.78 is 12.5. The minimum atomic E-state index is -0.504. The van der Waals surface area contributed by atoms with Crippen LogP contribution in [0.3, 0.4) is 0 Å². The van der Waals surface area contributed by atoms with Gasteiger partial charge in [0.05, 0.1) is 0 Å². The van der Waals surface area contributed by atoms with Gasteiger partial charge >= 0.3 is 5.97 Å². The highest BCUT2D eigenvalue weighted by Gasteiger charge is 2.53. The zero-order valence-corrected chi connectivity index (χ0v) is 16.1. The van der Waals surface area contributed by atoms with Crippen molar-refractivity contribution in [2.24, 2.45) is 11.8 Å². The maximum absolute atomic E-state index is 12.2. The molecule has 0 aromatic carbocycles. The Morgan fingerprint density at radius 3 is 2.96 bits per heavy atom. The smallest absolute Gasteiger partial charge is 0.332 e. The normalized spacial score (nSPS) is 29.5. The molecule has 1 aliphatic heterocycles. The number of carbonyl (C=O) groups is 1. The number of rotatable bonds is 4. The highest BCUT2D eigenvalue weighted by molar-refractivity contribution is 9.10. The standard InChI is InChI=1S/C18H25BrN2O3/c1-17(2,3)24-15(22)11-23-18(13-5-4-8-21-16(13)19)7-6-12-9-20-10-14(12)18/h4-5,8,12,14,20H,6-7,9-11H2,1-3H3. The van der Waals surface area contributed by atoms with Crippen LogP contribution in [0.1, 0.15) is 39.2 Å². The van der Waals surface area contributed by atoms with Crippen molar-refractivity contribution in [1.29, 1.82) is 0 Å². The number of halogens is 1. The molecule has 5 nitrogen and oxygen atoms in total. The summed E-state index contributed by atoms with van der Waals surface area (Å²) in [6, 6.07) is 3.97. The predicted octanol–water partition coefficient (Wildman–Crippen LogP) is 3.03. The first kappa shape index (κ1) is 17.8. The molecule has 0 spiro atoms. The van der Waals surface area contributed by atoms with E-state index in [9.17, 15) is 4.79 Å². The Balaban J connectivity index is 1.84. The lowest BCUT2D eigenvalue weighted by Gasteiger charge is -2.36. The average molecular weight is 397 g/mol. The van der Waals surface area contributed by atoms with Gasteiger partial charge in [0.15, 0.2) is 0 Å². The lowest BCUT2D eigenvalue weighted by atomic mass is 9.82. The SMILES string of the molecule is CC(C)(C)OC(=O)COC1(c2cccnc2Br)CCC2CNCC21. The van der Waals surface area contributed by atoms with Gasteiger partial charge in [-0.1, -0.05) is 6.07 Å². The summed E-state index contributed by atoms with van der Waals surface area (Å²) in [5.74, 6) is 0.604. The van der Waals surface area contributed by atoms with Crippen molar-refractivity contribution in [1.82, 2.24) is 10.3 Å². The Labute approximate surface area is 151 Å². The van der Waals surface area contributed by atoms with Crippen LogP contribution in [0.5, 0.6) is 0 Å². The molecular formula is C18H25BrN2O3. The lowest BCUT2D eigenvalue weighted by molar-refractivity contribution is -0.170. The first-order valence-corrected chi connectivity index (χ1v) is 9.29. The predicted molar refractivity (Wildman–Crippen MR) is 94.5 cm³/mol. The minimum Gasteiger partial charge on any atom is -0.458 e. The van der Waals surface area contributed by atoms with Gasteiger partial charge in [0.2, 0.25) is 0 Å². The summed E-state index contributed by atoms with van der Waals surface area (Å²) in [7, 11) is 0. The zero-order chi connectivity index (χ0) is 17.4. The number of nitrogens with zero attached hydrogens (tertiary/aromatic N) is 1. The van der Waals surface area contributed by atoms with E-state index in [1.165, 1.54) is 0 Å². The van der Waals surface area contributed by atoms with Gasteiger partial charge in [-0.3, -0.25) is 0 Å². The maximum Gasteiger partial charge on any atom is 0.332 e. The van der Waals surface area contributed by atoms with Crippen molar-refractivity contribution < 1.29 is 14.3 Å². The zero-order valence-electron chi connectivity index (χ0n) is 14.5. The largest absolute Gasteiger partial charge is 0.458 e. The first-order valence-electron chi connectivity index (χ1n) is 8.49. The number of aromatic nitrogens is 1. The number of fused-ring (bicyclic) bond motifs is 1. The number of pyridine rings is 1. The van der Waals surface area contributed by atoms with Crippen molar-refractivity contribution in [2.45, 2.75) is 44.8 Å². The summed E-state index contributed by atoms with van der Waals surface area (Å²) in [6.07, 6.45) is 3.75. The highest BCUT2D eigenvalue weighted by Crippen LogP contribution is 2.52. The van der Waals surface area contributed by atoms with Gasteiger partial charge in [-0.25, -0.2) is 9.78 Å². The molecule has 0 bridgehead atoms. The summed E-state index contributed by atoms with van der Waals surface area (Å²) in [6.45, 7) is 7.48. The van der Waals surface area contributed by atoms with E-state index in [0.29, 0.717) is 11.8 Å². The second-order valence-electron chi connectivity index (χ2n) is 7.67. The van der Waals surface area contributed by atoms with Crippen LogP contribution in [0, 0.1) is 11.8 Å². The Morgan fingerprint density at radius 2 is 2.25 bits per heavy atom. The van der Waals surface area contributed by atoms with E-state index >= 15 is 0 Å². The molecule has 132 valence electrons. The molecule has 2 fully saturated rings. The van der Waals surface area contributed by atoms with Crippen LogP contribution in [0.4, 0.5) is 0 Å². The van der Waals surface area contributed by atoms with Crippen molar-refractivity contribution in [3.05, 3.63) is 28.5 Å². The molecule has 1 aromatic heterocycles. The van der Waals surface area contributed by atoms with Crippen LogP contribution in [-0.2, 0) is 19.9 Å². The fraction of sp³-hybridized carbons (Fsp3) is 0.667. The minimum absolute atomic E-state index is 0.0399. The molecule has 1 N–H and O–H groups in total. The number of hydrogen-bond donors (Lipinski definition) is 1. The molecule has 2 aliphatic rings. The molecule has 3 rings (SSSR count). The van der Waals surface area contributed by atoms with E-state index in [-0.39, 0.29) is 12.6 Å². The van der Waals surface area contributed by atoms with E-state index in [2.05, 4.69) is 26.2 Å². The third-order valence-corrected chi connectivity index (χ3v) is 5.54. The van der Waals surface area contributed by atoms with Crippen LogP contribution in [-0.4, -0.2) is 36.3 Å². The monoisotopic (exact) mass is 396 g/mol. The molecule has 24 heavy (non-hydrogen) atoms. The fourth-order valence-corrected chi connectivity index (χ4v) is 4.60. The van der Waals surface area contributed by atoms with Crippen molar-refractivity contribution in [3.8, 4) is 0 Å². The van der Waals surface area contributed by atoms with Gasteiger partial charge in [-0.05, 0) is 68.1 Å². The van der Waals surface area contributed by atoms with Crippen LogP contribution >= 0.6 is 15.9 Å². The molecule has 1 saturated heterocycles. The molecule has 2 heterocycles. The third kappa shape index (κ3) is 3.51. The summed E-state index contributed by atoms with van der Waals surface area (Å²) >= 11 is 3.57. The van der Waals surface area contributed by atoms with E-state index < -0.39 is 11.2 Å². The first-order chi connectivity index (χ1) is 11.3. The molecule has 0 radical (unpaired) electrons. The Hall–Kier alpha value is -0.980. The molecule has 3 atom stereocenters. The Kier molecular flexibility index (Phi) is 5.00. The van der Waals surface area contributed by atoms with Gasteiger partial charge in [0.1, 0.15) is 22.4 Å². The van der Waals surface area contributed by atoms with E-state index in [4.69, 9.17) is 9.47 Å². The molecule has 1 aromatic rings. The number of carbonyl (C=O) groups excluding carboxylic acids is 1. The van der Waals surface area contributed by atoms with Crippen molar-refractivity contribution in [3.63, 3.8) is 0 Å². The summed E-state index contributed by atoms with van der Waals surface area (Å²) in [5, 5.41) is 3.46. The third-order valence-electron chi connectivity index (χ3n) is 4.91. The molecule has 1 aliphatic carbocycles. The number of hydrogen-bond acceptors (Lipinski definition) is 5. The average Bonchev–Trinajstić information content (AvgIpc) is 3.07. The second-order valence-corrected chi connectivity index (χ2v) is 8.42. The van der Waals surface area contributed by atoms with E-state index in [1.54, 1.807) is 6.20 Å². The van der Waals surface area contributed by atoms with Crippen molar-refractivity contribution in [2.75, 3.05) is 19.7 Å². The fourth-order valence-electron chi connectivity index (χ4n) is 4.02. The van der Waals surface area contributed by atoms with E-state index in [0.717, 1.165) is 36.1 Å².